The SMILES string of the molecule is Cc1nc(-c2ccccc2)sc1-c1ccc2c(c1)CC(=O)N2. The summed E-state index contributed by atoms with van der Waals surface area (Å²) < 4.78 is 0. The molecule has 0 unspecified atom stereocenters. The summed E-state index contributed by atoms with van der Waals surface area (Å²) in [6.45, 7) is 2.04. The van der Waals surface area contributed by atoms with Gasteiger partial charge in [0.05, 0.1) is 17.0 Å². The largest absolute Gasteiger partial charge is 0.326 e. The number of hydrogen-bond donors (Lipinski definition) is 1. The smallest absolute Gasteiger partial charge is 0.228 e. The molecule has 3 aromatic rings. The van der Waals surface area contributed by atoms with E-state index in [1.165, 1.54) is 4.88 Å². The van der Waals surface area contributed by atoms with E-state index >= 15 is 0 Å². The maximum Gasteiger partial charge on any atom is 0.228 e. The minimum atomic E-state index is 0.0677. The number of fused-ring (bicyclic) bond motifs is 1. The molecule has 0 fully saturated rings. The zero-order valence-corrected chi connectivity index (χ0v) is 12.9. The molecule has 1 N–H and O–H groups in total. The summed E-state index contributed by atoms with van der Waals surface area (Å²) in [6.07, 6.45) is 0.465. The molecule has 1 aliphatic rings. The van der Waals surface area contributed by atoms with Crippen LogP contribution in [-0.2, 0) is 11.2 Å². The lowest BCUT2D eigenvalue weighted by molar-refractivity contribution is -0.115. The van der Waals surface area contributed by atoms with Gasteiger partial charge in [0.25, 0.3) is 0 Å². The van der Waals surface area contributed by atoms with Crippen LogP contribution in [0.25, 0.3) is 21.0 Å². The maximum atomic E-state index is 11.5. The summed E-state index contributed by atoms with van der Waals surface area (Å²) in [5, 5.41) is 3.90. The molecule has 0 saturated carbocycles. The first-order chi connectivity index (χ1) is 10.7. The number of nitrogens with one attached hydrogen (secondary N) is 1. The summed E-state index contributed by atoms with van der Waals surface area (Å²) in [5.41, 5.74) is 5.30. The van der Waals surface area contributed by atoms with Crippen molar-refractivity contribution in [3.8, 4) is 21.0 Å². The van der Waals surface area contributed by atoms with Gasteiger partial charge in [0.1, 0.15) is 5.01 Å². The second-order valence-corrected chi connectivity index (χ2v) is 6.40. The third kappa shape index (κ3) is 2.22. The minimum absolute atomic E-state index is 0.0677. The van der Waals surface area contributed by atoms with Gasteiger partial charge in [0, 0.05) is 11.3 Å². The number of aromatic nitrogens is 1. The fourth-order valence-corrected chi connectivity index (χ4v) is 3.81. The molecule has 2 aromatic carbocycles. The summed E-state index contributed by atoms with van der Waals surface area (Å²) >= 11 is 1.70. The van der Waals surface area contributed by atoms with Crippen molar-refractivity contribution >= 4 is 22.9 Å². The van der Waals surface area contributed by atoms with Gasteiger partial charge in [-0.1, -0.05) is 36.4 Å². The lowest BCUT2D eigenvalue weighted by Crippen LogP contribution is -2.03. The van der Waals surface area contributed by atoms with Crippen molar-refractivity contribution in [2.45, 2.75) is 13.3 Å². The van der Waals surface area contributed by atoms with Crippen LogP contribution in [0.1, 0.15) is 11.3 Å². The van der Waals surface area contributed by atoms with Gasteiger partial charge >= 0.3 is 0 Å². The lowest BCUT2D eigenvalue weighted by atomic mass is 10.1. The van der Waals surface area contributed by atoms with Crippen LogP contribution in [0.2, 0.25) is 0 Å². The molecule has 0 radical (unpaired) electrons. The predicted molar refractivity (Wildman–Crippen MR) is 90.1 cm³/mol. The van der Waals surface area contributed by atoms with Crippen molar-refractivity contribution in [1.82, 2.24) is 4.98 Å². The highest BCUT2D eigenvalue weighted by Crippen LogP contribution is 2.37. The third-order valence-electron chi connectivity index (χ3n) is 3.81. The molecule has 4 rings (SSSR count). The van der Waals surface area contributed by atoms with E-state index in [0.717, 1.165) is 33.1 Å². The lowest BCUT2D eigenvalue weighted by Gasteiger charge is -2.02. The fraction of sp³-hybridized carbons (Fsp3) is 0.111. The zero-order valence-electron chi connectivity index (χ0n) is 12.1. The van der Waals surface area contributed by atoms with E-state index in [0.29, 0.717) is 6.42 Å². The number of anilines is 1. The van der Waals surface area contributed by atoms with E-state index in [1.807, 2.05) is 31.2 Å². The molecule has 1 aromatic heterocycles. The predicted octanol–water partition coefficient (Wildman–Crippen LogP) is 4.28. The number of rotatable bonds is 2. The Morgan fingerprint density at radius 3 is 2.73 bits per heavy atom. The summed E-state index contributed by atoms with van der Waals surface area (Å²) in [5.74, 6) is 0.0677. The molecule has 22 heavy (non-hydrogen) atoms. The first-order valence-electron chi connectivity index (χ1n) is 7.17. The molecule has 0 aliphatic carbocycles. The van der Waals surface area contributed by atoms with Gasteiger partial charge in [-0.3, -0.25) is 4.79 Å². The molecule has 4 heteroatoms. The Balaban J connectivity index is 1.77. The Morgan fingerprint density at radius 2 is 1.91 bits per heavy atom. The number of benzene rings is 2. The van der Waals surface area contributed by atoms with Crippen molar-refractivity contribution < 1.29 is 4.79 Å². The van der Waals surface area contributed by atoms with Crippen LogP contribution in [0.4, 0.5) is 5.69 Å². The fourth-order valence-electron chi connectivity index (χ4n) is 2.74. The van der Waals surface area contributed by atoms with E-state index in [9.17, 15) is 4.79 Å². The van der Waals surface area contributed by atoms with Crippen LogP contribution in [-0.4, -0.2) is 10.9 Å². The van der Waals surface area contributed by atoms with Gasteiger partial charge in [0.2, 0.25) is 5.91 Å². The Morgan fingerprint density at radius 1 is 1.09 bits per heavy atom. The molecule has 108 valence electrons. The van der Waals surface area contributed by atoms with E-state index in [-0.39, 0.29) is 5.91 Å². The van der Waals surface area contributed by atoms with Gasteiger partial charge in [-0.15, -0.1) is 11.3 Å². The molecule has 3 nitrogen and oxygen atoms in total. The van der Waals surface area contributed by atoms with Crippen LogP contribution in [0.3, 0.4) is 0 Å². The third-order valence-corrected chi connectivity index (χ3v) is 5.07. The number of nitrogens with zero attached hydrogens (tertiary/aromatic N) is 1. The number of carbonyl (C=O) groups excluding carboxylic acids is 1. The number of thiazole rings is 1. The summed E-state index contributed by atoms with van der Waals surface area (Å²) in [4.78, 5) is 17.4. The standard InChI is InChI=1S/C18H14N2OS/c1-11-17(22-18(19-11)12-5-3-2-4-6-12)13-7-8-15-14(9-13)10-16(21)20-15/h2-9H,10H2,1H3,(H,20,21). The zero-order chi connectivity index (χ0) is 15.1. The summed E-state index contributed by atoms with van der Waals surface area (Å²) in [6, 6.07) is 16.4. The normalized spacial score (nSPS) is 13.0. The molecule has 0 bridgehead atoms. The monoisotopic (exact) mass is 306 g/mol. The first kappa shape index (κ1) is 13.2. The quantitative estimate of drug-likeness (QED) is 0.768. The first-order valence-corrected chi connectivity index (χ1v) is 7.98. The molecular weight excluding hydrogens is 292 g/mol. The average molecular weight is 306 g/mol. The maximum absolute atomic E-state index is 11.5. The van der Waals surface area contributed by atoms with Crippen LogP contribution in [0.15, 0.2) is 48.5 Å². The van der Waals surface area contributed by atoms with E-state index in [1.54, 1.807) is 11.3 Å². The molecule has 2 heterocycles. The van der Waals surface area contributed by atoms with Gasteiger partial charge in [0.15, 0.2) is 0 Å². The second kappa shape index (κ2) is 5.07. The number of aryl methyl sites for hydroxylation is 1. The topological polar surface area (TPSA) is 42.0 Å². The van der Waals surface area contributed by atoms with Crippen molar-refractivity contribution in [2.24, 2.45) is 0 Å². The molecule has 1 amide bonds. The molecular formula is C18H14N2OS. The Bertz CT molecular complexity index is 868. The Labute approximate surface area is 132 Å². The van der Waals surface area contributed by atoms with Gasteiger partial charge in [-0.25, -0.2) is 4.98 Å². The van der Waals surface area contributed by atoms with Crippen LogP contribution in [0, 0.1) is 6.92 Å². The molecule has 0 saturated heterocycles. The Kier molecular flexibility index (Phi) is 3.05. The minimum Gasteiger partial charge on any atom is -0.326 e. The number of carbonyl (C=O) groups is 1. The van der Waals surface area contributed by atoms with Gasteiger partial charge < -0.3 is 5.32 Å². The highest BCUT2D eigenvalue weighted by atomic mass is 32.1. The van der Waals surface area contributed by atoms with E-state index in [4.69, 9.17) is 4.98 Å². The highest BCUT2D eigenvalue weighted by molar-refractivity contribution is 7.18. The van der Waals surface area contributed by atoms with Crippen molar-refractivity contribution in [2.75, 3.05) is 5.32 Å². The van der Waals surface area contributed by atoms with E-state index < -0.39 is 0 Å². The molecule has 0 atom stereocenters. The van der Waals surface area contributed by atoms with Crippen molar-refractivity contribution in [3.63, 3.8) is 0 Å². The van der Waals surface area contributed by atoms with Gasteiger partial charge in [-0.05, 0) is 30.2 Å². The Hall–Kier alpha value is -2.46. The van der Waals surface area contributed by atoms with Gasteiger partial charge in [-0.2, -0.15) is 0 Å². The molecule has 0 spiro atoms. The number of amides is 1. The van der Waals surface area contributed by atoms with E-state index in [2.05, 4.69) is 29.6 Å². The van der Waals surface area contributed by atoms with Crippen LogP contribution < -0.4 is 5.32 Å². The van der Waals surface area contributed by atoms with Crippen molar-refractivity contribution in [1.29, 1.82) is 0 Å². The summed E-state index contributed by atoms with van der Waals surface area (Å²) in [7, 11) is 0. The highest BCUT2D eigenvalue weighted by Gasteiger charge is 2.19. The van der Waals surface area contributed by atoms with Crippen molar-refractivity contribution in [3.05, 3.63) is 59.8 Å². The number of hydrogen-bond acceptors (Lipinski definition) is 3. The van der Waals surface area contributed by atoms with Crippen LogP contribution in [0.5, 0.6) is 0 Å². The second-order valence-electron chi connectivity index (χ2n) is 5.40. The average Bonchev–Trinajstić information content (AvgIpc) is 3.09. The van der Waals surface area contributed by atoms with Crippen LogP contribution >= 0.6 is 11.3 Å². The molecule has 1 aliphatic heterocycles.